The molecule has 1 aromatic carbocycles. The molecule has 0 spiro atoms. The third-order valence-electron chi connectivity index (χ3n) is 6.06. The minimum atomic E-state index is -4.92. The van der Waals surface area contributed by atoms with Gasteiger partial charge in [0.15, 0.2) is 5.75 Å². The van der Waals surface area contributed by atoms with Crippen molar-refractivity contribution >= 4 is 49.5 Å². The standard InChI is InChI=1S/C24H33F3N6O4S2/c1-4-7-8-11-33-17(6-3)10-9-16-13-18(19(14-20(16)33)32-39(35,36)15-24(25,26)27)28-30-23-31-29-21(38-23)22(34)37-12-5-2/h13-14,17,32H,4-12,15H2,1-3H3. The van der Waals surface area contributed by atoms with Gasteiger partial charge in [0.1, 0.15) is 5.69 Å². The Bertz CT molecular complexity index is 1270. The van der Waals surface area contributed by atoms with E-state index in [1.165, 1.54) is 0 Å². The number of esters is 1. The molecule has 0 fully saturated rings. The molecule has 39 heavy (non-hydrogen) atoms. The zero-order chi connectivity index (χ0) is 28.6. The summed E-state index contributed by atoms with van der Waals surface area (Å²) < 4.78 is 70.7. The highest BCUT2D eigenvalue weighted by Gasteiger charge is 2.36. The fourth-order valence-electron chi connectivity index (χ4n) is 4.30. The van der Waals surface area contributed by atoms with Gasteiger partial charge < -0.3 is 9.64 Å². The monoisotopic (exact) mass is 590 g/mol. The zero-order valence-electron chi connectivity index (χ0n) is 22.1. The normalized spacial score (nSPS) is 15.9. The number of azo groups is 1. The number of rotatable bonds is 13. The molecular weight excluding hydrogens is 557 g/mol. The average molecular weight is 591 g/mol. The van der Waals surface area contributed by atoms with E-state index in [4.69, 9.17) is 4.74 Å². The van der Waals surface area contributed by atoms with Gasteiger partial charge in [-0.3, -0.25) is 4.72 Å². The number of nitrogens with zero attached hydrogens (tertiary/aromatic N) is 5. The van der Waals surface area contributed by atoms with Crippen LogP contribution in [0.3, 0.4) is 0 Å². The highest BCUT2D eigenvalue weighted by molar-refractivity contribution is 7.92. The van der Waals surface area contributed by atoms with Gasteiger partial charge >= 0.3 is 12.1 Å². The van der Waals surface area contributed by atoms with Crippen LogP contribution in [-0.2, 0) is 21.2 Å². The van der Waals surface area contributed by atoms with E-state index in [0.717, 1.165) is 61.2 Å². The number of carbonyl (C=O) groups excluding carboxylic acids is 1. The van der Waals surface area contributed by atoms with E-state index >= 15 is 0 Å². The summed E-state index contributed by atoms with van der Waals surface area (Å²) in [6, 6.07) is 3.41. The molecule has 1 N–H and O–H groups in total. The van der Waals surface area contributed by atoms with Crippen LogP contribution >= 0.6 is 11.3 Å². The number of halogens is 3. The summed E-state index contributed by atoms with van der Waals surface area (Å²) in [5, 5.41) is 15.6. The number of alkyl halides is 3. The lowest BCUT2D eigenvalue weighted by Crippen LogP contribution is -2.39. The Kier molecular flexibility index (Phi) is 10.6. The van der Waals surface area contributed by atoms with E-state index in [9.17, 15) is 26.4 Å². The van der Waals surface area contributed by atoms with Crippen molar-refractivity contribution in [1.82, 2.24) is 10.2 Å². The van der Waals surface area contributed by atoms with E-state index in [0.29, 0.717) is 12.8 Å². The summed E-state index contributed by atoms with van der Waals surface area (Å²) in [5.41, 5.74) is 1.58. The van der Waals surface area contributed by atoms with Crippen LogP contribution < -0.4 is 9.62 Å². The summed E-state index contributed by atoms with van der Waals surface area (Å²) in [7, 11) is -4.78. The van der Waals surface area contributed by atoms with Gasteiger partial charge in [0.05, 0.1) is 12.3 Å². The Morgan fingerprint density at radius 1 is 1.18 bits per heavy atom. The number of anilines is 2. The van der Waals surface area contributed by atoms with Gasteiger partial charge in [-0.05, 0) is 49.8 Å². The average Bonchev–Trinajstić information content (AvgIpc) is 3.34. The number of ether oxygens (including phenoxy) is 1. The molecule has 2 heterocycles. The maximum atomic E-state index is 13.0. The minimum Gasteiger partial charge on any atom is -0.460 e. The van der Waals surface area contributed by atoms with E-state index in [1.807, 2.05) is 6.92 Å². The molecule has 1 aromatic heterocycles. The van der Waals surface area contributed by atoms with E-state index in [2.05, 4.69) is 43.9 Å². The molecule has 1 unspecified atom stereocenters. The smallest absolute Gasteiger partial charge is 0.404 e. The number of hydrogen-bond donors (Lipinski definition) is 1. The zero-order valence-corrected chi connectivity index (χ0v) is 23.8. The maximum absolute atomic E-state index is 13.0. The molecule has 1 aliphatic rings. The lowest BCUT2D eigenvalue weighted by Gasteiger charge is -2.39. The predicted octanol–water partition coefficient (Wildman–Crippen LogP) is 6.55. The largest absolute Gasteiger partial charge is 0.460 e. The summed E-state index contributed by atoms with van der Waals surface area (Å²) in [6.45, 7) is 6.99. The number of benzene rings is 1. The first-order valence-corrected chi connectivity index (χ1v) is 15.4. The summed E-state index contributed by atoms with van der Waals surface area (Å²) >= 11 is 0.828. The van der Waals surface area contributed by atoms with E-state index in [-0.39, 0.29) is 34.2 Å². The molecule has 2 aromatic rings. The summed E-state index contributed by atoms with van der Waals surface area (Å²) in [6.07, 6.45) is 1.16. The molecule has 1 atom stereocenters. The van der Waals surface area contributed by atoms with Crippen molar-refractivity contribution in [1.29, 1.82) is 0 Å². The number of aryl methyl sites for hydroxylation is 1. The molecule has 0 amide bonds. The van der Waals surface area contributed by atoms with Crippen molar-refractivity contribution < 1.29 is 31.1 Å². The maximum Gasteiger partial charge on any atom is 0.404 e. The highest BCUT2D eigenvalue weighted by Crippen LogP contribution is 2.41. The number of unbranched alkanes of at least 4 members (excludes halogenated alkanes) is 2. The first-order valence-electron chi connectivity index (χ1n) is 12.9. The van der Waals surface area contributed by atoms with Crippen LogP contribution in [-0.4, -0.2) is 55.7 Å². The van der Waals surface area contributed by atoms with Crippen molar-refractivity contribution in [3.05, 3.63) is 22.7 Å². The van der Waals surface area contributed by atoms with Crippen molar-refractivity contribution in [3.8, 4) is 0 Å². The number of sulfonamides is 1. The van der Waals surface area contributed by atoms with Gasteiger partial charge in [-0.25, -0.2) is 13.2 Å². The summed E-state index contributed by atoms with van der Waals surface area (Å²) in [4.78, 5) is 14.2. The molecule has 15 heteroatoms. The Hall–Kier alpha value is -2.81. The van der Waals surface area contributed by atoms with Crippen molar-refractivity contribution in [3.63, 3.8) is 0 Å². The number of nitrogens with one attached hydrogen (secondary N) is 1. The molecule has 1 aliphatic heterocycles. The van der Waals surface area contributed by atoms with Gasteiger partial charge in [0, 0.05) is 18.3 Å². The molecule has 216 valence electrons. The molecule has 0 radical (unpaired) electrons. The summed E-state index contributed by atoms with van der Waals surface area (Å²) in [5.74, 6) is -2.69. The predicted molar refractivity (Wildman–Crippen MR) is 144 cm³/mol. The second-order valence-electron chi connectivity index (χ2n) is 9.20. The molecule has 3 rings (SSSR count). The SMILES string of the molecule is CCCCCN1c2cc(NS(=O)(=O)CC(F)(F)F)c(N=Nc3nnc(C(=O)OCCC)s3)cc2CCC1CC. The van der Waals surface area contributed by atoms with Crippen LogP contribution in [0.25, 0.3) is 0 Å². The van der Waals surface area contributed by atoms with Gasteiger partial charge in [0.25, 0.3) is 5.13 Å². The Balaban J connectivity index is 1.99. The van der Waals surface area contributed by atoms with Gasteiger partial charge in [0.2, 0.25) is 15.0 Å². The fourth-order valence-corrected chi connectivity index (χ4v) is 5.86. The fraction of sp³-hybridized carbons (Fsp3) is 0.625. The van der Waals surface area contributed by atoms with Gasteiger partial charge in [-0.2, -0.15) is 13.2 Å². The number of hydrogen-bond acceptors (Lipinski definition) is 10. The Morgan fingerprint density at radius 2 is 1.95 bits per heavy atom. The van der Waals surface area contributed by atoms with Crippen LogP contribution in [0.2, 0.25) is 0 Å². The number of carbonyl (C=O) groups is 1. The van der Waals surface area contributed by atoms with Gasteiger partial charge in [-0.1, -0.05) is 44.9 Å². The lowest BCUT2D eigenvalue weighted by molar-refractivity contribution is -0.106. The van der Waals surface area contributed by atoms with Gasteiger partial charge in [-0.15, -0.1) is 20.4 Å². The van der Waals surface area contributed by atoms with Crippen LogP contribution in [0.5, 0.6) is 0 Å². The van der Waals surface area contributed by atoms with Crippen LogP contribution in [0.4, 0.5) is 35.4 Å². The number of aromatic nitrogens is 2. The Morgan fingerprint density at radius 3 is 2.62 bits per heavy atom. The first kappa shape index (κ1) is 30.7. The third-order valence-corrected chi connectivity index (χ3v) is 8.08. The molecule has 0 saturated carbocycles. The second kappa shape index (κ2) is 13.5. The lowest BCUT2D eigenvalue weighted by atomic mass is 9.93. The third kappa shape index (κ3) is 8.85. The van der Waals surface area contributed by atoms with Crippen molar-refractivity contribution in [2.24, 2.45) is 10.2 Å². The molecule has 10 nitrogen and oxygen atoms in total. The quantitative estimate of drug-likeness (QED) is 0.159. The van der Waals surface area contributed by atoms with Crippen molar-refractivity contribution in [2.75, 3.05) is 28.5 Å². The molecule has 0 saturated heterocycles. The topological polar surface area (TPSA) is 126 Å². The number of fused-ring (bicyclic) bond motifs is 1. The molecule has 0 bridgehead atoms. The highest BCUT2D eigenvalue weighted by atomic mass is 32.2. The van der Waals surface area contributed by atoms with Crippen molar-refractivity contribution in [2.45, 2.75) is 77.9 Å². The molecule has 0 aliphatic carbocycles. The van der Waals surface area contributed by atoms with Crippen LogP contribution in [0, 0.1) is 0 Å². The van der Waals surface area contributed by atoms with Crippen LogP contribution in [0.1, 0.15) is 74.7 Å². The van der Waals surface area contributed by atoms with E-state index < -0.39 is 27.9 Å². The van der Waals surface area contributed by atoms with E-state index in [1.54, 1.807) is 12.1 Å². The minimum absolute atomic E-state index is 0.00695. The van der Waals surface area contributed by atoms with Crippen LogP contribution in [0.15, 0.2) is 22.4 Å². The first-order chi connectivity index (χ1) is 18.5. The molecular formula is C24H33F3N6O4S2. The Labute approximate surface area is 230 Å². The second-order valence-corrected chi connectivity index (χ2v) is 11.9.